The summed E-state index contributed by atoms with van der Waals surface area (Å²) in [4.78, 5) is 0. The summed E-state index contributed by atoms with van der Waals surface area (Å²) in [5.41, 5.74) is 14.4. The Balaban J connectivity index is 1.28. The Morgan fingerprint density at radius 2 is 0.700 bits per heavy atom. The first-order chi connectivity index (χ1) is 24.8. The van der Waals surface area contributed by atoms with E-state index in [-0.39, 0.29) is 0 Å². The van der Waals surface area contributed by atoms with E-state index < -0.39 is 0 Å². The summed E-state index contributed by atoms with van der Waals surface area (Å²) in [7, 11) is 0. The van der Waals surface area contributed by atoms with Gasteiger partial charge in [0.2, 0.25) is 0 Å². The molecular formula is C48H32N2. The van der Waals surface area contributed by atoms with E-state index in [1.54, 1.807) is 0 Å². The van der Waals surface area contributed by atoms with Gasteiger partial charge in [0.1, 0.15) is 0 Å². The first-order valence-electron chi connectivity index (χ1n) is 17.2. The lowest BCUT2D eigenvalue weighted by molar-refractivity contribution is 1.15. The number of hydrogen-bond acceptors (Lipinski definition) is 0. The molecule has 0 N–H and O–H groups in total. The van der Waals surface area contributed by atoms with Crippen LogP contribution < -0.4 is 0 Å². The average molecular weight is 637 g/mol. The van der Waals surface area contributed by atoms with Crippen molar-refractivity contribution in [2.45, 2.75) is 0 Å². The van der Waals surface area contributed by atoms with Gasteiger partial charge in [-0.25, -0.2) is 0 Å². The van der Waals surface area contributed by atoms with Gasteiger partial charge in [0.15, 0.2) is 0 Å². The van der Waals surface area contributed by atoms with E-state index in [9.17, 15) is 0 Å². The van der Waals surface area contributed by atoms with Crippen LogP contribution in [0.4, 0.5) is 0 Å². The van der Waals surface area contributed by atoms with Crippen LogP contribution in [0.15, 0.2) is 194 Å². The molecule has 0 bridgehead atoms. The molecule has 0 saturated carbocycles. The summed E-state index contributed by atoms with van der Waals surface area (Å²) in [6, 6.07) is 70.4. The van der Waals surface area contributed by atoms with E-state index in [1.807, 2.05) is 0 Å². The van der Waals surface area contributed by atoms with E-state index in [4.69, 9.17) is 0 Å². The number of rotatable bonds is 5. The highest BCUT2D eigenvalue weighted by molar-refractivity contribution is 6.24. The molecule has 10 aromatic rings. The molecule has 234 valence electrons. The quantitative estimate of drug-likeness (QED) is 0.178. The van der Waals surface area contributed by atoms with Crippen molar-refractivity contribution in [2.75, 3.05) is 0 Å². The Bertz CT molecular complexity index is 2840. The molecule has 0 spiro atoms. The lowest BCUT2D eigenvalue weighted by atomic mass is 9.99. The second-order valence-electron chi connectivity index (χ2n) is 13.0. The lowest BCUT2D eigenvalue weighted by Gasteiger charge is -2.14. The molecule has 2 nitrogen and oxygen atoms in total. The highest BCUT2D eigenvalue weighted by atomic mass is 15.0. The van der Waals surface area contributed by atoms with Crippen molar-refractivity contribution in [1.82, 2.24) is 9.13 Å². The highest BCUT2D eigenvalue weighted by Crippen LogP contribution is 2.43. The van der Waals surface area contributed by atoms with Gasteiger partial charge in [-0.05, 0) is 81.9 Å². The van der Waals surface area contributed by atoms with E-state index >= 15 is 0 Å². The zero-order valence-corrected chi connectivity index (χ0v) is 27.4. The number of para-hydroxylation sites is 2. The largest absolute Gasteiger partial charge is 0.307 e. The van der Waals surface area contributed by atoms with Crippen LogP contribution in [0.1, 0.15) is 0 Å². The average Bonchev–Trinajstić information content (AvgIpc) is 3.72. The standard InChI is InChI=1S/C48H32N2/c1-4-14-33(15-5-1)35-18-12-19-36(30-35)37-20-13-23-40(31-37)50-45-25-11-10-24-41(45)42-27-28-43-44-32-38(34-16-6-2-7-17-34)26-29-46(44)49(48(43)47(42)50)39-21-8-3-9-22-39/h1-32H. The minimum atomic E-state index is 1.14. The predicted octanol–water partition coefficient (Wildman–Crippen LogP) is 12.9. The number of nitrogens with zero attached hydrogens (tertiary/aromatic N) is 2. The molecule has 2 aromatic heterocycles. The molecule has 10 rings (SSSR count). The van der Waals surface area contributed by atoms with Crippen LogP contribution in [0.25, 0.3) is 88.4 Å². The summed E-state index contributed by atoms with van der Waals surface area (Å²) in [6.45, 7) is 0. The van der Waals surface area contributed by atoms with Crippen molar-refractivity contribution in [1.29, 1.82) is 0 Å². The Kier molecular flexibility index (Phi) is 6.53. The number of hydrogen-bond donors (Lipinski definition) is 0. The third kappa shape index (κ3) is 4.50. The minimum Gasteiger partial charge on any atom is -0.307 e. The second-order valence-corrected chi connectivity index (χ2v) is 13.0. The molecule has 0 amide bonds. The van der Waals surface area contributed by atoms with Crippen LogP contribution in [0.5, 0.6) is 0 Å². The second kappa shape index (κ2) is 11.5. The zero-order chi connectivity index (χ0) is 33.0. The van der Waals surface area contributed by atoms with Crippen LogP contribution in [0, 0.1) is 0 Å². The third-order valence-corrected chi connectivity index (χ3v) is 10.1. The summed E-state index contributed by atoms with van der Waals surface area (Å²) in [5, 5.41) is 4.98. The van der Waals surface area contributed by atoms with Gasteiger partial charge in [0.05, 0.1) is 22.1 Å². The zero-order valence-electron chi connectivity index (χ0n) is 27.4. The Morgan fingerprint density at radius 1 is 0.240 bits per heavy atom. The van der Waals surface area contributed by atoms with Gasteiger partial charge in [0, 0.05) is 32.9 Å². The number of benzene rings is 8. The summed E-state index contributed by atoms with van der Waals surface area (Å²) >= 11 is 0. The van der Waals surface area contributed by atoms with E-state index in [1.165, 1.54) is 77.0 Å². The normalized spacial score (nSPS) is 11.6. The van der Waals surface area contributed by atoms with Crippen molar-refractivity contribution >= 4 is 43.6 Å². The number of fused-ring (bicyclic) bond motifs is 7. The molecule has 50 heavy (non-hydrogen) atoms. The molecule has 0 unspecified atom stereocenters. The SMILES string of the molecule is c1ccc(-c2cccc(-c3cccc(-n4c5ccccc5c5ccc6c7cc(-c8ccccc8)ccc7n(-c7ccccc7)c6c54)c3)c2)cc1. The Labute approximate surface area is 290 Å². The maximum Gasteiger partial charge on any atom is 0.0788 e. The van der Waals surface area contributed by atoms with Gasteiger partial charge in [-0.1, -0.05) is 146 Å². The van der Waals surface area contributed by atoms with Gasteiger partial charge in [-0.3, -0.25) is 0 Å². The summed E-state index contributed by atoms with van der Waals surface area (Å²) in [5.74, 6) is 0. The molecule has 0 atom stereocenters. The fraction of sp³-hybridized carbons (Fsp3) is 0. The Hall–Kier alpha value is -6.64. The van der Waals surface area contributed by atoms with Gasteiger partial charge in [-0.2, -0.15) is 0 Å². The molecule has 0 aliphatic carbocycles. The fourth-order valence-corrected chi connectivity index (χ4v) is 7.81. The lowest BCUT2D eigenvalue weighted by Crippen LogP contribution is -1.99. The molecular weight excluding hydrogens is 605 g/mol. The van der Waals surface area contributed by atoms with Crippen molar-refractivity contribution in [3.05, 3.63) is 194 Å². The highest BCUT2D eigenvalue weighted by Gasteiger charge is 2.21. The summed E-state index contributed by atoms with van der Waals surface area (Å²) < 4.78 is 4.94. The van der Waals surface area contributed by atoms with Gasteiger partial charge in [0.25, 0.3) is 0 Å². The van der Waals surface area contributed by atoms with Gasteiger partial charge >= 0.3 is 0 Å². The first kappa shape index (κ1) is 28.4. The number of aromatic nitrogens is 2. The minimum absolute atomic E-state index is 1.14. The molecule has 8 aromatic carbocycles. The molecule has 0 fully saturated rings. The van der Waals surface area contributed by atoms with Crippen LogP contribution in [0.3, 0.4) is 0 Å². The van der Waals surface area contributed by atoms with Crippen LogP contribution in [0.2, 0.25) is 0 Å². The summed E-state index contributed by atoms with van der Waals surface area (Å²) in [6.07, 6.45) is 0. The maximum atomic E-state index is 2.48. The third-order valence-electron chi connectivity index (χ3n) is 10.1. The van der Waals surface area contributed by atoms with Gasteiger partial charge in [-0.15, -0.1) is 0 Å². The molecule has 0 saturated heterocycles. The molecule has 2 heterocycles. The van der Waals surface area contributed by atoms with Crippen molar-refractivity contribution < 1.29 is 0 Å². The van der Waals surface area contributed by atoms with Gasteiger partial charge < -0.3 is 9.13 Å². The van der Waals surface area contributed by atoms with E-state index in [0.717, 1.165) is 11.4 Å². The smallest absolute Gasteiger partial charge is 0.0788 e. The van der Waals surface area contributed by atoms with E-state index in [2.05, 4.69) is 203 Å². The molecule has 2 heteroatoms. The van der Waals surface area contributed by atoms with Crippen LogP contribution in [-0.2, 0) is 0 Å². The van der Waals surface area contributed by atoms with Crippen LogP contribution >= 0.6 is 0 Å². The van der Waals surface area contributed by atoms with Crippen molar-refractivity contribution in [3.63, 3.8) is 0 Å². The van der Waals surface area contributed by atoms with E-state index in [0.29, 0.717) is 0 Å². The fourth-order valence-electron chi connectivity index (χ4n) is 7.81. The molecule has 0 radical (unpaired) electrons. The van der Waals surface area contributed by atoms with Crippen molar-refractivity contribution in [2.24, 2.45) is 0 Å². The Morgan fingerprint density at radius 3 is 1.40 bits per heavy atom. The first-order valence-corrected chi connectivity index (χ1v) is 17.2. The van der Waals surface area contributed by atoms with Crippen LogP contribution in [-0.4, -0.2) is 9.13 Å². The van der Waals surface area contributed by atoms with Crippen molar-refractivity contribution in [3.8, 4) is 44.8 Å². The molecule has 0 aliphatic heterocycles. The maximum absolute atomic E-state index is 2.48. The predicted molar refractivity (Wildman–Crippen MR) is 211 cm³/mol. The topological polar surface area (TPSA) is 9.86 Å². The monoisotopic (exact) mass is 636 g/mol. The molecule has 0 aliphatic rings.